The van der Waals surface area contributed by atoms with Crippen LogP contribution < -0.4 is 10.1 Å². The minimum Gasteiger partial charge on any atom is -0.496 e. The molecule has 0 amide bonds. The zero-order chi connectivity index (χ0) is 11.2. The third kappa shape index (κ3) is 2.61. The van der Waals surface area contributed by atoms with Crippen molar-refractivity contribution >= 4 is 0 Å². The summed E-state index contributed by atoms with van der Waals surface area (Å²) in [6.45, 7) is 1.56. The highest BCUT2D eigenvalue weighted by Gasteiger charge is 2.00. The van der Waals surface area contributed by atoms with Gasteiger partial charge in [0.15, 0.2) is 0 Å². The molecule has 0 atom stereocenters. The van der Waals surface area contributed by atoms with E-state index in [1.54, 1.807) is 13.3 Å². The van der Waals surface area contributed by atoms with E-state index in [-0.39, 0.29) is 0 Å². The van der Waals surface area contributed by atoms with Gasteiger partial charge >= 0.3 is 0 Å². The Morgan fingerprint density at radius 3 is 2.88 bits per heavy atom. The van der Waals surface area contributed by atoms with Gasteiger partial charge in [-0.25, -0.2) is 0 Å². The smallest absolute Gasteiger partial charge is 0.123 e. The molecular weight excluding hydrogens is 202 g/mol. The van der Waals surface area contributed by atoms with Crippen LogP contribution in [0.5, 0.6) is 5.75 Å². The van der Waals surface area contributed by atoms with Crippen molar-refractivity contribution in [1.82, 2.24) is 15.5 Å². The Balaban J connectivity index is 1.89. The van der Waals surface area contributed by atoms with Gasteiger partial charge in [0, 0.05) is 30.5 Å². The number of hydrogen-bond acceptors (Lipinski definition) is 3. The molecule has 84 valence electrons. The molecule has 0 spiro atoms. The Morgan fingerprint density at radius 1 is 1.25 bits per heavy atom. The predicted octanol–water partition coefficient (Wildman–Crippen LogP) is 1.71. The molecular formula is C12H15N3O. The quantitative estimate of drug-likeness (QED) is 0.801. The molecule has 0 fully saturated rings. The molecule has 2 N–H and O–H groups in total. The Hall–Kier alpha value is -1.81. The number of rotatable bonds is 5. The van der Waals surface area contributed by atoms with Crippen molar-refractivity contribution in [1.29, 1.82) is 0 Å². The lowest BCUT2D eigenvalue weighted by molar-refractivity contribution is 0.407. The van der Waals surface area contributed by atoms with Gasteiger partial charge in [0.2, 0.25) is 0 Å². The van der Waals surface area contributed by atoms with Crippen LogP contribution in [0.15, 0.2) is 36.5 Å². The number of nitrogens with one attached hydrogen (secondary N) is 2. The van der Waals surface area contributed by atoms with E-state index in [4.69, 9.17) is 4.74 Å². The lowest BCUT2D eigenvalue weighted by Crippen LogP contribution is -2.13. The summed E-state index contributed by atoms with van der Waals surface area (Å²) in [6, 6.07) is 9.95. The van der Waals surface area contributed by atoms with Gasteiger partial charge in [-0.1, -0.05) is 18.2 Å². The molecule has 2 rings (SSSR count). The molecule has 0 aliphatic heterocycles. The molecule has 1 aromatic carbocycles. The molecule has 0 aliphatic carbocycles. The molecule has 0 saturated carbocycles. The van der Waals surface area contributed by atoms with Crippen LogP contribution in [0.4, 0.5) is 0 Å². The van der Waals surface area contributed by atoms with Gasteiger partial charge in [-0.15, -0.1) is 0 Å². The van der Waals surface area contributed by atoms with Crippen molar-refractivity contribution in [3.63, 3.8) is 0 Å². The molecule has 4 heteroatoms. The minimum absolute atomic E-state index is 0.776. The van der Waals surface area contributed by atoms with Crippen LogP contribution in [0.2, 0.25) is 0 Å². The molecule has 0 unspecified atom stereocenters. The van der Waals surface area contributed by atoms with E-state index in [0.717, 1.165) is 30.1 Å². The first-order chi connectivity index (χ1) is 7.90. The summed E-state index contributed by atoms with van der Waals surface area (Å²) >= 11 is 0. The Labute approximate surface area is 94.6 Å². The lowest BCUT2D eigenvalue weighted by atomic mass is 10.2. The first-order valence-electron chi connectivity index (χ1n) is 5.21. The summed E-state index contributed by atoms with van der Waals surface area (Å²) in [5.41, 5.74) is 2.24. The van der Waals surface area contributed by atoms with Crippen LogP contribution in [0.25, 0.3) is 0 Å². The summed E-state index contributed by atoms with van der Waals surface area (Å²) in [4.78, 5) is 0. The van der Waals surface area contributed by atoms with Gasteiger partial charge in [-0.3, -0.25) is 5.10 Å². The van der Waals surface area contributed by atoms with E-state index in [9.17, 15) is 0 Å². The number of methoxy groups -OCH3 is 1. The molecule has 0 bridgehead atoms. The van der Waals surface area contributed by atoms with Crippen LogP contribution >= 0.6 is 0 Å². The maximum Gasteiger partial charge on any atom is 0.123 e. The molecule has 0 aliphatic rings. The van der Waals surface area contributed by atoms with Crippen LogP contribution in [0.3, 0.4) is 0 Å². The average molecular weight is 217 g/mol. The monoisotopic (exact) mass is 217 g/mol. The van der Waals surface area contributed by atoms with Gasteiger partial charge in [-0.05, 0) is 12.1 Å². The second-order valence-corrected chi connectivity index (χ2v) is 3.50. The first-order valence-corrected chi connectivity index (χ1v) is 5.21. The van der Waals surface area contributed by atoms with Gasteiger partial charge in [0.05, 0.1) is 7.11 Å². The highest BCUT2D eigenvalue weighted by atomic mass is 16.5. The molecule has 4 nitrogen and oxygen atoms in total. The number of ether oxygens (including phenoxy) is 1. The third-order valence-electron chi connectivity index (χ3n) is 2.38. The predicted molar refractivity (Wildman–Crippen MR) is 62.1 cm³/mol. The van der Waals surface area contributed by atoms with Gasteiger partial charge in [0.1, 0.15) is 5.75 Å². The zero-order valence-corrected chi connectivity index (χ0v) is 9.23. The highest BCUT2D eigenvalue weighted by molar-refractivity contribution is 5.32. The molecule has 16 heavy (non-hydrogen) atoms. The minimum atomic E-state index is 0.776. The number of aromatic amines is 1. The number of hydrogen-bond donors (Lipinski definition) is 2. The molecule has 1 heterocycles. The fraction of sp³-hybridized carbons (Fsp3) is 0.250. The van der Waals surface area contributed by atoms with Crippen molar-refractivity contribution in [2.45, 2.75) is 13.1 Å². The van der Waals surface area contributed by atoms with Crippen molar-refractivity contribution in [2.75, 3.05) is 7.11 Å². The third-order valence-corrected chi connectivity index (χ3v) is 2.38. The number of para-hydroxylation sites is 1. The topological polar surface area (TPSA) is 49.9 Å². The largest absolute Gasteiger partial charge is 0.496 e. The molecule has 0 radical (unpaired) electrons. The maximum atomic E-state index is 5.27. The summed E-state index contributed by atoms with van der Waals surface area (Å²) < 4.78 is 5.27. The average Bonchev–Trinajstić information content (AvgIpc) is 2.83. The van der Waals surface area contributed by atoms with E-state index < -0.39 is 0 Å². The number of aromatic nitrogens is 2. The fourth-order valence-electron chi connectivity index (χ4n) is 1.56. The summed E-state index contributed by atoms with van der Waals surface area (Å²) in [6.07, 6.45) is 1.75. The second kappa shape index (κ2) is 5.32. The van der Waals surface area contributed by atoms with Gasteiger partial charge < -0.3 is 10.1 Å². The second-order valence-electron chi connectivity index (χ2n) is 3.50. The van der Waals surface area contributed by atoms with Crippen LogP contribution in [-0.4, -0.2) is 17.3 Å². The van der Waals surface area contributed by atoms with E-state index in [1.165, 1.54) is 0 Å². The first kappa shape index (κ1) is 10.7. The van der Waals surface area contributed by atoms with E-state index in [1.807, 2.05) is 24.3 Å². The van der Waals surface area contributed by atoms with E-state index >= 15 is 0 Å². The Morgan fingerprint density at radius 2 is 2.12 bits per heavy atom. The normalized spacial score (nSPS) is 10.3. The Kier molecular flexibility index (Phi) is 3.56. The van der Waals surface area contributed by atoms with Crippen LogP contribution in [-0.2, 0) is 13.1 Å². The fourth-order valence-corrected chi connectivity index (χ4v) is 1.56. The Bertz CT molecular complexity index is 426. The van der Waals surface area contributed by atoms with Crippen molar-refractivity contribution < 1.29 is 4.74 Å². The van der Waals surface area contributed by atoms with E-state index in [0.29, 0.717) is 0 Å². The van der Waals surface area contributed by atoms with Crippen molar-refractivity contribution in [3.05, 3.63) is 47.8 Å². The van der Waals surface area contributed by atoms with Gasteiger partial charge in [-0.2, -0.15) is 5.10 Å². The summed E-state index contributed by atoms with van der Waals surface area (Å²) in [7, 11) is 1.69. The maximum absolute atomic E-state index is 5.27. The number of benzene rings is 1. The standard InChI is InChI=1S/C12H15N3O/c1-16-12-5-3-2-4-10(12)8-13-9-11-6-7-14-15-11/h2-7,13H,8-9H2,1H3,(H,14,15). The molecule has 2 aromatic rings. The zero-order valence-electron chi connectivity index (χ0n) is 9.23. The molecule has 0 saturated heterocycles. The highest BCUT2D eigenvalue weighted by Crippen LogP contribution is 2.16. The lowest BCUT2D eigenvalue weighted by Gasteiger charge is -2.08. The SMILES string of the molecule is COc1ccccc1CNCc1ccn[nH]1. The van der Waals surface area contributed by atoms with Crippen molar-refractivity contribution in [2.24, 2.45) is 0 Å². The summed E-state index contributed by atoms with van der Waals surface area (Å²) in [5.74, 6) is 0.916. The number of H-pyrrole nitrogens is 1. The van der Waals surface area contributed by atoms with Crippen LogP contribution in [0, 0.1) is 0 Å². The van der Waals surface area contributed by atoms with Crippen LogP contribution in [0.1, 0.15) is 11.3 Å². The summed E-state index contributed by atoms with van der Waals surface area (Å²) in [5, 5.41) is 10.1. The molecule has 1 aromatic heterocycles. The van der Waals surface area contributed by atoms with Gasteiger partial charge in [0.25, 0.3) is 0 Å². The number of nitrogens with zero attached hydrogens (tertiary/aromatic N) is 1. The van der Waals surface area contributed by atoms with E-state index in [2.05, 4.69) is 21.6 Å². The van der Waals surface area contributed by atoms with Crippen molar-refractivity contribution in [3.8, 4) is 5.75 Å².